The number of nitrogens with one attached hydrogen (secondary N) is 1. The number of pyridine rings is 1. The van der Waals surface area contributed by atoms with Gasteiger partial charge in [-0.25, -0.2) is 9.78 Å². The summed E-state index contributed by atoms with van der Waals surface area (Å²) in [6.07, 6.45) is -3.06. The number of benzene rings is 1. The summed E-state index contributed by atoms with van der Waals surface area (Å²) in [5.41, 5.74) is 0.846. The topological polar surface area (TPSA) is 114 Å². The highest BCUT2D eigenvalue weighted by Gasteiger charge is 2.56. The molecule has 0 bridgehead atoms. The van der Waals surface area contributed by atoms with Crippen LogP contribution in [0, 0.1) is 0 Å². The van der Waals surface area contributed by atoms with E-state index in [2.05, 4.69) is 15.5 Å². The van der Waals surface area contributed by atoms with Gasteiger partial charge in [0.2, 0.25) is 0 Å². The maximum atomic E-state index is 12.8. The molecule has 0 unspecified atom stereocenters. The van der Waals surface area contributed by atoms with Crippen LogP contribution in [0.5, 0.6) is 11.5 Å². The Balaban J connectivity index is 1.51. The lowest BCUT2D eigenvalue weighted by molar-refractivity contribution is -0.208. The van der Waals surface area contributed by atoms with Crippen LogP contribution in [-0.2, 0) is 21.7 Å². The SMILES string of the molecule is COc1ccc(CNc2nccc3c2c(-c2cc(C4(OC(=O)C(F)(F)F)CC4)on2)nn3C(C)C)c(OC)c1. The molecule has 1 aliphatic rings. The van der Waals surface area contributed by atoms with Crippen LogP contribution in [0.15, 0.2) is 41.1 Å². The molecule has 1 aliphatic carbocycles. The van der Waals surface area contributed by atoms with Crippen LogP contribution in [-0.4, -0.2) is 46.3 Å². The van der Waals surface area contributed by atoms with Gasteiger partial charge in [0.15, 0.2) is 11.4 Å². The second-order valence-electron chi connectivity index (χ2n) is 9.43. The molecule has 13 heteroatoms. The van der Waals surface area contributed by atoms with E-state index >= 15 is 0 Å². The first kappa shape index (κ1) is 26.3. The minimum absolute atomic E-state index is 0.0212. The zero-order valence-electron chi connectivity index (χ0n) is 21.6. The second-order valence-corrected chi connectivity index (χ2v) is 9.43. The molecule has 0 aliphatic heterocycles. The molecule has 4 aromatic rings. The third-order valence-corrected chi connectivity index (χ3v) is 6.48. The van der Waals surface area contributed by atoms with E-state index in [9.17, 15) is 18.0 Å². The molecule has 1 aromatic carbocycles. The van der Waals surface area contributed by atoms with E-state index in [1.807, 2.05) is 32.0 Å². The summed E-state index contributed by atoms with van der Waals surface area (Å²) < 4.78 is 61.1. The minimum atomic E-state index is -5.11. The molecule has 1 fully saturated rings. The van der Waals surface area contributed by atoms with Crippen molar-refractivity contribution in [2.75, 3.05) is 19.5 Å². The number of rotatable bonds is 9. The molecule has 206 valence electrons. The van der Waals surface area contributed by atoms with E-state index in [1.165, 1.54) is 6.07 Å². The van der Waals surface area contributed by atoms with Crippen molar-refractivity contribution < 1.29 is 36.7 Å². The number of esters is 1. The van der Waals surface area contributed by atoms with Gasteiger partial charge in [-0.15, -0.1) is 0 Å². The van der Waals surface area contributed by atoms with E-state index < -0.39 is 17.7 Å². The van der Waals surface area contributed by atoms with Crippen LogP contribution in [0.4, 0.5) is 19.0 Å². The van der Waals surface area contributed by atoms with Crippen LogP contribution in [0.3, 0.4) is 0 Å². The molecule has 0 spiro atoms. The smallest absolute Gasteiger partial charge is 0.490 e. The van der Waals surface area contributed by atoms with Crippen LogP contribution in [0.2, 0.25) is 0 Å². The van der Waals surface area contributed by atoms with Gasteiger partial charge in [0, 0.05) is 36.5 Å². The van der Waals surface area contributed by atoms with Gasteiger partial charge in [-0.3, -0.25) is 4.68 Å². The van der Waals surface area contributed by atoms with Crippen molar-refractivity contribution in [3.8, 4) is 22.9 Å². The van der Waals surface area contributed by atoms with Crippen LogP contribution in [0.25, 0.3) is 22.3 Å². The number of methoxy groups -OCH3 is 2. The summed E-state index contributed by atoms with van der Waals surface area (Å²) in [6, 6.07) is 8.75. The van der Waals surface area contributed by atoms with Gasteiger partial charge in [0.05, 0.1) is 25.1 Å². The van der Waals surface area contributed by atoms with Gasteiger partial charge in [0.25, 0.3) is 0 Å². The van der Waals surface area contributed by atoms with Crippen LogP contribution >= 0.6 is 0 Å². The van der Waals surface area contributed by atoms with Gasteiger partial charge < -0.3 is 24.1 Å². The van der Waals surface area contributed by atoms with E-state index in [0.29, 0.717) is 34.9 Å². The highest BCUT2D eigenvalue weighted by molar-refractivity contribution is 6.00. The molecule has 1 saturated carbocycles. The van der Waals surface area contributed by atoms with Gasteiger partial charge in [0.1, 0.15) is 28.7 Å². The number of halogens is 3. The minimum Gasteiger partial charge on any atom is -0.497 e. The summed E-state index contributed by atoms with van der Waals surface area (Å²) in [5, 5.41) is 12.8. The third-order valence-electron chi connectivity index (χ3n) is 6.48. The van der Waals surface area contributed by atoms with Crippen molar-refractivity contribution in [3.63, 3.8) is 0 Å². The number of carbonyl (C=O) groups excluding carboxylic acids is 1. The monoisotopic (exact) mass is 545 g/mol. The fourth-order valence-corrected chi connectivity index (χ4v) is 4.32. The number of carbonyl (C=O) groups is 1. The number of aromatic nitrogens is 4. The van der Waals surface area contributed by atoms with E-state index in [4.69, 9.17) is 23.8 Å². The fraction of sp³-hybridized carbons (Fsp3) is 0.385. The molecular weight excluding hydrogens is 519 g/mol. The van der Waals surface area contributed by atoms with E-state index in [0.717, 1.165) is 11.1 Å². The number of hydrogen-bond acceptors (Lipinski definition) is 9. The summed E-state index contributed by atoms with van der Waals surface area (Å²) in [6.45, 7) is 4.30. The summed E-state index contributed by atoms with van der Waals surface area (Å²) in [5.74, 6) is -0.425. The number of fused-ring (bicyclic) bond motifs is 1. The molecular formula is C26H26F3N5O5. The Labute approximate surface area is 221 Å². The quantitative estimate of drug-likeness (QED) is 0.277. The molecule has 39 heavy (non-hydrogen) atoms. The molecule has 3 heterocycles. The highest BCUT2D eigenvalue weighted by atomic mass is 19.4. The first-order valence-electron chi connectivity index (χ1n) is 12.2. The first-order valence-corrected chi connectivity index (χ1v) is 12.2. The predicted molar refractivity (Wildman–Crippen MR) is 133 cm³/mol. The Kier molecular flexibility index (Phi) is 6.60. The highest BCUT2D eigenvalue weighted by Crippen LogP contribution is 2.51. The lowest BCUT2D eigenvalue weighted by Crippen LogP contribution is -2.30. The number of anilines is 1. The van der Waals surface area contributed by atoms with Gasteiger partial charge in [-0.2, -0.15) is 18.3 Å². The average molecular weight is 546 g/mol. The first-order chi connectivity index (χ1) is 18.6. The Morgan fingerprint density at radius 2 is 1.95 bits per heavy atom. The van der Waals surface area contributed by atoms with E-state index in [-0.39, 0.29) is 30.3 Å². The van der Waals surface area contributed by atoms with Crippen molar-refractivity contribution in [2.45, 2.75) is 51.1 Å². The number of nitrogens with zero attached hydrogens (tertiary/aromatic N) is 4. The summed E-state index contributed by atoms with van der Waals surface area (Å²) >= 11 is 0. The lowest BCUT2D eigenvalue weighted by atomic mass is 10.1. The number of hydrogen-bond donors (Lipinski definition) is 1. The van der Waals surface area contributed by atoms with Gasteiger partial charge in [-0.1, -0.05) is 5.16 Å². The largest absolute Gasteiger partial charge is 0.497 e. The Morgan fingerprint density at radius 1 is 1.18 bits per heavy atom. The van der Waals surface area contributed by atoms with Crippen molar-refractivity contribution in [1.82, 2.24) is 19.9 Å². The number of ether oxygens (including phenoxy) is 3. The molecule has 0 saturated heterocycles. The molecule has 0 amide bonds. The maximum Gasteiger partial charge on any atom is 0.490 e. The van der Waals surface area contributed by atoms with Gasteiger partial charge >= 0.3 is 12.1 Å². The zero-order chi connectivity index (χ0) is 27.9. The van der Waals surface area contributed by atoms with Crippen molar-refractivity contribution >= 4 is 22.7 Å². The van der Waals surface area contributed by atoms with Crippen LogP contribution < -0.4 is 14.8 Å². The van der Waals surface area contributed by atoms with Crippen LogP contribution in [0.1, 0.15) is 44.1 Å². The Bertz CT molecular complexity index is 1520. The van der Waals surface area contributed by atoms with Crippen molar-refractivity contribution in [2.24, 2.45) is 0 Å². The lowest BCUT2D eigenvalue weighted by Gasteiger charge is -2.14. The van der Waals surface area contributed by atoms with Crippen molar-refractivity contribution in [1.29, 1.82) is 0 Å². The summed E-state index contributed by atoms with van der Waals surface area (Å²) in [4.78, 5) is 16.0. The molecule has 1 N–H and O–H groups in total. The maximum absolute atomic E-state index is 12.8. The summed E-state index contributed by atoms with van der Waals surface area (Å²) in [7, 11) is 3.15. The zero-order valence-corrected chi connectivity index (χ0v) is 21.6. The van der Waals surface area contributed by atoms with Crippen molar-refractivity contribution in [3.05, 3.63) is 47.9 Å². The molecule has 5 rings (SSSR count). The Hall–Kier alpha value is -4.29. The molecule has 10 nitrogen and oxygen atoms in total. The standard InChI is InChI=1S/C26H26F3N5O5/c1-14(2)34-18-7-10-30-23(31-13-15-5-6-16(36-3)11-19(15)37-4)21(18)22(32-34)17-12-20(39-33-17)25(8-9-25)38-24(35)26(27,28)29/h5-7,10-12,14H,8-9,13H2,1-4H3,(H,30,31). The molecule has 0 atom stereocenters. The third kappa shape index (κ3) is 4.95. The molecule has 3 aromatic heterocycles. The van der Waals surface area contributed by atoms with Gasteiger partial charge in [-0.05, 0) is 44.9 Å². The Morgan fingerprint density at radius 3 is 2.59 bits per heavy atom. The predicted octanol–water partition coefficient (Wildman–Crippen LogP) is 5.39. The number of alkyl halides is 3. The second kappa shape index (κ2) is 9.79. The fourth-order valence-electron chi connectivity index (χ4n) is 4.32. The van der Waals surface area contributed by atoms with E-state index in [1.54, 1.807) is 31.2 Å². The normalized spacial score (nSPS) is 14.5. The average Bonchev–Trinajstić information content (AvgIpc) is 3.33. The molecule has 0 radical (unpaired) electrons.